The zero-order valence-corrected chi connectivity index (χ0v) is 38.8. The molecule has 0 amide bonds. The van der Waals surface area contributed by atoms with E-state index in [1.807, 2.05) is 0 Å². The number of fused-ring (bicyclic) bond motifs is 16. The van der Waals surface area contributed by atoms with Gasteiger partial charge >= 0.3 is 0 Å². The van der Waals surface area contributed by atoms with Gasteiger partial charge in [0.1, 0.15) is 0 Å². The Morgan fingerprint density at radius 3 is 1.57 bits per heavy atom. The van der Waals surface area contributed by atoms with E-state index in [1.54, 1.807) is 0 Å². The summed E-state index contributed by atoms with van der Waals surface area (Å²) in [5, 5.41) is 7.36. The number of hydrogen-bond acceptors (Lipinski definition) is 2. The molecular formula is C67H46N2. The summed E-state index contributed by atoms with van der Waals surface area (Å²) in [5.41, 5.74) is 23.9. The van der Waals surface area contributed by atoms with E-state index in [0.717, 1.165) is 39.4 Å². The first-order valence-electron chi connectivity index (χ1n) is 24.3. The first kappa shape index (κ1) is 38.6. The van der Waals surface area contributed by atoms with Gasteiger partial charge in [0, 0.05) is 33.3 Å². The smallest absolute Gasteiger partial charge is 0.0540 e. The second kappa shape index (κ2) is 13.6. The Labute approximate surface area is 402 Å². The maximum atomic E-state index is 4.62. The summed E-state index contributed by atoms with van der Waals surface area (Å²) in [6.45, 7) is 11.9. The molecule has 6 bridgehead atoms. The Bertz CT molecular complexity index is 4060. The molecular weight excluding hydrogens is 833 g/mol. The van der Waals surface area contributed by atoms with Crippen molar-refractivity contribution < 1.29 is 0 Å². The molecule has 3 aliphatic heterocycles. The average Bonchev–Trinajstić information content (AvgIpc) is 3.65. The van der Waals surface area contributed by atoms with Crippen molar-refractivity contribution in [3.05, 3.63) is 258 Å². The lowest BCUT2D eigenvalue weighted by molar-refractivity contribution is 0.629. The maximum Gasteiger partial charge on any atom is 0.0540 e. The number of para-hydroxylation sites is 3. The quantitative estimate of drug-likeness (QED) is 0.160. The van der Waals surface area contributed by atoms with E-state index >= 15 is 0 Å². The van der Waals surface area contributed by atoms with E-state index in [4.69, 9.17) is 0 Å². The van der Waals surface area contributed by atoms with Gasteiger partial charge in [0.2, 0.25) is 0 Å². The van der Waals surface area contributed by atoms with Gasteiger partial charge in [-0.3, -0.25) is 0 Å². The number of anilines is 6. The van der Waals surface area contributed by atoms with Gasteiger partial charge in [0.05, 0.1) is 22.7 Å². The lowest BCUT2D eigenvalue weighted by Crippen LogP contribution is -2.32. The van der Waals surface area contributed by atoms with Crippen molar-refractivity contribution in [1.29, 1.82) is 0 Å². The molecule has 11 aromatic rings. The van der Waals surface area contributed by atoms with E-state index in [0.29, 0.717) is 0 Å². The fourth-order valence-electron chi connectivity index (χ4n) is 13.1. The molecule has 0 saturated carbocycles. The fraction of sp³-hybridized carbons (Fsp3) is 0.0746. The van der Waals surface area contributed by atoms with Crippen molar-refractivity contribution in [3.8, 4) is 33.4 Å². The van der Waals surface area contributed by atoms with Crippen LogP contribution in [0, 0.1) is 0 Å². The summed E-state index contributed by atoms with van der Waals surface area (Å²) in [5.74, 6) is 0. The van der Waals surface area contributed by atoms with Crippen LogP contribution in [0.5, 0.6) is 0 Å². The van der Waals surface area contributed by atoms with Crippen LogP contribution in [0.2, 0.25) is 0 Å². The molecule has 4 aliphatic rings. The third-order valence-electron chi connectivity index (χ3n) is 16.5. The van der Waals surface area contributed by atoms with E-state index in [9.17, 15) is 0 Å². The summed E-state index contributed by atoms with van der Waals surface area (Å²) >= 11 is 0. The highest BCUT2D eigenvalue weighted by molar-refractivity contribution is 6.23. The van der Waals surface area contributed by atoms with Gasteiger partial charge in [0.15, 0.2) is 0 Å². The molecule has 3 heterocycles. The molecule has 15 rings (SSSR count). The summed E-state index contributed by atoms with van der Waals surface area (Å²) in [6, 6.07) is 80.6. The molecule has 0 saturated heterocycles. The monoisotopic (exact) mass is 878 g/mol. The van der Waals surface area contributed by atoms with Crippen LogP contribution in [-0.4, -0.2) is 0 Å². The molecule has 1 unspecified atom stereocenters. The third kappa shape index (κ3) is 5.05. The molecule has 1 aliphatic carbocycles. The Morgan fingerprint density at radius 2 is 0.870 bits per heavy atom. The van der Waals surface area contributed by atoms with E-state index in [-0.39, 0.29) is 5.41 Å². The van der Waals surface area contributed by atoms with Crippen LogP contribution in [0.15, 0.2) is 219 Å². The molecule has 11 aromatic carbocycles. The van der Waals surface area contributed by atoms with Crippen molar-refractivity contribution in [3.63, 3.8) is 0 Å². The molecule has 0 N–H and O–H groups in total. The molecule has 324 valence electrons. The summed E-state index contributed by atoms with van der Waals surface area (Å²) < 4.78 is 0. The van der Waals surface area contributed by atoms with E-state index < -0.39 is 5.41 Å². The van der Waals surface area contributed by atoms with Gasteiger partial charge in [-0.2, -0.15) is 0 Å². The topological polar surface area (TPSA) is 6.48 Å². The van der Waals surface area contributed by atoms with Crippen LogP contribution >= 0.6 is 0 Å². The predicted octanol–water partition coefficient (Wildman–Crippen LogP) is 18.1. The average molecular weight is 879 g/mol. The lowest BCUT2D eigenvalue weighted by atomic mass is 9.69. The first-order valence-corrected chi connectivity index (χ1v) is 24.3. The highest BCUT2D eigenvalue weighted by Crippen LogP contribution is 2.59. The summed E-state index contributed by atoms with van der Waals surface area (Å²) in [4.78, 5) is 5.01. The number of nitrogens with zero attached hydrogens (tertiary/aromatic N) is 2. The predicted molar refractivity (Wildman–Crippen MR) is 290 cm³/mol. The van der Waals surface area contributed by atoms with Crippen LogP contribution in [-0.2, 0) is 10.8 Å². The van der Waals surface area contributed by atoms with Gasteiger partial charge in [-0.1, -0.05) is 172 Å². The molecule has 0 spiro atoms. The molecule has 0 aromatic heterocycles. The summed E-state index contributed by atoms with van der Waals surface area (Å²) in [6.07, 6.45) is 0. The normalized spacial score (nSPS) is 16.5. The van der Waals surface area contributed by atoms with Crippen LogP contribution < -0.4 is 9.80 Å². The highest BCUT2D eigenvalue weighted by atomic mass is 15.2. The SMILES string of the molecule is C=C1c2ccccc2N(c2ccc3c4c5cc(ccc5c(-c5ccc6ccccc6c5)c3c2)N2c3ccccc3C(C)(C)c3ccc(cc32)C2(C)c3ccccc3-c3ccc-4cc32)c2ccccc21. The Balaban J connectivity index is 1.10. The van der Waals surface area contributed by atoms with Crippen LogP contribution in [0.4, 0.5) is 34.1 Å². The highest BCUT2D eigenvalue weighted by Gasteiger charge is 2.44. The molecule has 69 heavy (non-hydrogen) atoms. The Hall–Kier alpha value is -8.46. The minimum atomic E-state index is -0.400. The van der Waals surface area contributed by atoms with Gasteiger partial charge in [-0.05, 0) is 167 Å². The minimum absolute atomic E-state index is 0.209. The Morgan fingerprint density at radius 1 is 0.348 bits per heavy atom. The van der Waals surface area contributed by atoms with Gasteiger partial charge in [-0.15, -0.1) is 0 Å². The lowest BCUT2D eigenvalue weighted by Gasteiger charge is -2.43. The second-order valence-electron chi connectivity index (χ2n) is 20.3. The van der Waals surface area contributed by atoms with Crippen molar-refractivity contribution in [2.75, 3.05) is 9.80 Å². The number of hydrogen-bond donors (Lipinski definition) is 0. The van der Waals surface area contributed by atoms with Crippen molar-refractivity contribution in [2.45, 2.75) is 31.6 Å². The zero-order chi connectivity index (χ0) is 45.9. The number of benzene rings is 11. The standard InChI is InChI=1S/C67H46N2/c1-40-48-17-8-12-22-60(48)68(61-23-13-9-18-49(40)61)46-29-32-53-54(38-46)64(43-26-25-41-15-5-6-16-42(41)35-43)52-33-30-47-39-55(52)65(53)44-27-31-51-50-19-7-10-20-56(50)67(4,59(51)36-44)45-28-34-58-63(37-45)69(47)62-24-14-11-21-57(62)66(58,2)3/h5-39H,1H2,2-4H3. The third-order valence-corrected chi connectivity index (χ3v) is 16.5. The zero-order valence-electron chi connectivity index (χ0n) is 38.8. The van der Waals surface area contributed by atoms with Gasteiger partial charge in [-0.25, -0.2) is 0 Å². The molecule has 2 nitrogen and oxygen atoms in total. The first-order chi connectivity index (χ1) is 33.8. The molecule has 1 atom stereocenters. The molecule has 0 radical (unpaired) electrons. The Kier molecular flexibility index (Phi) is 7.61. The molecule has 2 heteroatoms. The minimum Gasteiger partial charge on any atom is -0.310 e. The van der Waals surface area contributed by atoms with Crippen LogP contribution in [0.3, 0.4) is 0 Å². The van der Waals surface area contributed by atoms with Gasteiger partial charge in [0.25, 0.3) is 0 Å². The number of rotatable bonds is 2. The van der Waals surface area contributed by atoms with Crippen LogP contribution in [0.1, 0.15) is 59.7 Å². The van der Waals surface area contributed by atoms with Crippen LogP contribution in [0.25, 0.3) is 71.3 Å². The second-order valence-corrected chi connectivity index (χ2v) is 20.3. The van der Waals surface area contributed by atoms with Crippen molar-refractivity contribution in [1.82, 2.24) is 0 Å². The largest absolute Gasteiger partial charge is 0.310 e. The van der Waals surface area contributed by atoms with Crippen molar-refractivity contribution >= 4 is 72.0 Å². The maximum absolute atomic E-state index is 4.62. The van der Waals surface area contributed by atoms with E-state index in [2.05, 4.69) is 249 Å². The fourth-order valence-corrected chi connectivity index (χ4v) is 13.1. The summed E-state index contributed by atoms with van der Waals surface area (Å²) in [7, 11) is 0. The van der Waals surface area contributed by atoms with E-state index in [1.165, 1.54) is 105 Å². The molecule has 0 fully saturated rings. The van der Waals surface area contributed by atoms with Crippen molar-refractivity contribution in [2.24, 2.45) is 0 Å². The van der Waals surface area contributed by atoms with Gasteiger partial charge < -0.3 is 9.80 Å².